The molecule has 0 fully saturated rings. The zero-order valence-electron chi connectivity index (χ0n) is 7.93. The Balaban J connectivity index is 2.22. The summed E-state index contributed by atoms with van der Waals surface area (Å²) < 4.78 is 0. The molecule has 1 aliphatic heterocycles. The molecular weight excluding hydrogens is 196 g/mol. The highest BCUT2D eigenvalue weighted by Crippen LogP contribution is 2.25. The number of aliphatic carboxylic acids is 1. The second-order valence-electron chi connectivity index (χ2n) is 3.52. The van der Waals surface area contributed by atoms with Crippen molar-refractivity contribution in [2.45, 2.75) is 12.8 Å². The van der Waals surface area contributed by atoms with Gasteiger partial charge in [-0.1, -0.05) is 0 Å². The van der Waals surface area contributed by atoms with Gasteiger partial charge in [0.05, 0.1) is 12.3 Å². The van der Waals surface area contributed by atoms with E-state index in [-0.39, 0.29) is 12.3 Å². The number of fused-ring (bicyclic) bond motifs is 1. The van der Waals surface area contributed by atoms with E-state index < -0.39 is 11.9 Å². The van der Waals surface area contributed by atoms with Gasteiger partial charge in [-0.15, -0.1) is 0 Å². The quantitative estimate of drug-likeness (QED) is 0.745. The van der Waals surface area contributed by atoms with Crippen molar-refractivity contribution in [3.05, 3.63) is 24.0 Å². The van der Waals surface area contributed by atoms with E-state index in [4.69, 9.17) is 5.11 Å². The number of nitrogens with zero attached hydrogens (tertiary/aromatic N) is 1. The number of carboxylic acids is 1. The number of carboxylic acid groups (broad SMARTS) is 1. The molecule has 2 heterocycles. The fraction of sp³-hybridized carbons (Fsp3) is 0.300. The predicted molar refractivity (Wildman–Crippen MR) is 52.3 cm³/mol. The first kappa shape index (κ1) is 9.64. The third-order valence-electron chi connectivity index (χ3n) is 2.42. The molecule has 5 heteroatoms. The molecule has 0 aliphatic carbocycles. The number of rotatable bonds is 2. The van der Waals surface area contributed by atoms with E-state index >= 15 is 0 Å². The third-order valence-corrected chi connectivity index (χ3v) is 2.42. The number of hydrogen-bond acceptors (Lipinski definition) is 3. The van der Waals surface area contributed by atoms with Crippen LogP contribution in [0.1, 0.15) is 12.0 Å². The van der Waals surface area contributed by atoms with Gasteiger partial charge >= 0.3 is 5.97 Å². The first-order valence-corrected chi connectivity index (χ1v) is 4.62. The highest BCUT2D eigenvalue weighted by molar-refractivity contribution is 5.97. The summed E-state index contributed by atoms with van der Waals surface area (Å²) in [4.78, 5) is 26.0. The molecule has 1 atom stereocenters. The van der Waals surface area contributed by atoms with Crippen LogP contribution in [0.5, 0.6) is 0 Å². The van der Waals surface area contributed by atoms with E-state index in [1.165, 1.54) is 0 Å². The molecule has 1 aromatic rings. The summed E-state index contributed by atoms with van der Waals surface area (Å²) in [7, 11) is 0. The standard InChI is InChI=1S/C10H10N2O3/c13-9(14)4-6-3-7-5-11-2-1-8(7)12-10(6)15/h1-2,5-6H,3-4H2,(H,12,15)(H,13,14). The lowest BCUT2D eigenvalue weighted by molar-refractivity contribution is -0.140. The van der Waals surface area contributed by atoms with Gasteiger partial charge in [-0.05, 0) is 18.1 Å². The van der Waals surface area contributed by atoms with E-state index in [0.29, 0.717) is 6.42 Å². The van der Waals surface area contributed by atoms with Gasteiger partial charge < -0.3 is 10.4 Å². The van der Waals surface area contributed by atoms with Crippen LogP contribution >= 0.6 is 0 Å². The lowest BCUT2D eigenvalue weighted by Gasteiger charge is -2.22. The maximum absolute atomic E-state index is 11.5. The molecule has 0 aromatic carbocycles. The van der Waals surface area contributed by atoms with Crippen LogP contribution in [0, 0.1) is 5.92 Å². The lowest BCUT2D eigenvalue weighted by atomic mass is 9.92. The first-order valence-electron chi connectivity index (χ1n) is 4.62. The monoisotopic (exact) mass is 206 g/mol. The van der Waals surface area contributed by atoms with Crippen LogP contribution in [0.15, 0.2) is 18.5 Å². The topological polar surface area (TPSA) is 79.3 Å². The van der Waals surface area contributed by atoms with Crippen molar-refractivity contribution in [1.82, 2.24) is 4.98 Å². The summed E-state index contributed by atoms with van der Waals surface area (Å²) in [6.45, 7) is 0. The number of anilines is 1. The Labute approximate surface area is 86.1 Å². The van der Waals surface area contributed by atoms with Crippen LogP contribution < -0.4 is 5.32 Å². The maximum Gasteiger partial charge on any atom is 0.304 e. The fourth-order valence-corrected chi connectivity index (χ4v) is 1.68. The van der Waals surface area contributed by atoms with Gasteiger partial charge in [0.2, 0.25) is 5.91 Å². The summed E-state index contributed by atoms with van der Waals surface area (Å²) >= 11 is 0. The summed E-state index contributed by atoms with van der Waals surface area (Å²) in [5.74, 6) is -1.67. The zero-order chi connectivity index (χ0) is 10.8. The van der Waals surface area contributed by atoms with E-state index in [2.05, 4.69) is 10.3 Å². The molecule has 78 valence electrons. The van der Waals surface area contributed by atoms with Gasteiger partial charge in [0, 0.05) is 18.1 Å². The molecule has 1 aliphatic rings. The molecule has 0 saturated heterocycles. The molecule has 15 heavy (non-hydrogen) atoms. The van der Waals surface area contributed by atoms with E-state index in [1.54, 1.807) is 18.5 Å². The molecule has 2 rings (SSSR count). The van der Waals surface area contributed by atoms with E-state index in [9.17, 15) is 9.59 Å². The highest BCUT2D eigenvalue weighted by atomic mass is 16.4. The smallest absolute Gasteiger partial charge is 0.304 e. The predicted octanol–water partition coefficient (Wildman–Crippen LogP) is 0.667. The van der Waals surface area contributed by atoms with Gasteiger partial charge in [-0.3, -0.25) is 14.6 Å². The largest absolute Gasteiger partial charge is 0.481 e. The maximum atomic E-state index is 11.5. The lowest BCUT2D eigenvalue weighted by Crippen LogP contribution is -2.31. The van der Waals surface area contributed by atoms with Crippen molar-refractivity contribution in [1.29, 1.82) is 0 Å². The molecule has 1 aromatic heterocycles. The summed E-state index contributed by atoms with van der Waals surface area (Å²) in [6.07, 6.45) is 3.56. The Morgan fingerprint density at radius 1 is 1.67 bits per heavy atom. The second-order valence-corrected chi connectivity index (χ2v) is 3.52. The Bertz CT molecular complexity index is 417. The molecule has 1 unspecified atom stereocenters. The van der Waals surface area contributed by atoms with Crippen LogP contribution in [-0.4, -0.2) is 22.0 Å². The van der Waals surface area contributed by atoms with Crippen molar-refractivity contribution in [2.75, 3.05) is 5.32 Å². The van der Waals surface area contributed by atoms with Crippen molar-refractivity contribution in [3.8, 4) is 0 Å². The molecule has 0 radical (unpaired) electrons. The van der Waals surface area contributed by atoms with Gasteiger partial charge in [0.1, 0.15) is 0 Å². The van der Waals surface area contributed by atoms with E-state index in [1.807, 2.05) is 0 Å². The van der Waals surface area contributed by atoms with Crippen LogP contribution in [0.2, 0.25) is 0 Å². The van der Waals surface area contributed by atoms with Crippen molar-refractivity contribution in [2.24, 2.45) is 5.92 Å². The minimum absolute atomic E-state index is 0.139. The van der Waals surface area contributed by atoms with Crippen LogP contribution in [0.4, 0.5) is 5.69 Å². The van der Waals surface area contributed by atoms with Crippen LogP contribution in [0.3, 0.4) is 0 Å². The molecule has 2 N–H and O–H groups in total. The van der Waals surface area contributed by atoms with Crippen molar-refractivity contribution < 1.29 is 14.7 Å². The van der Waals surface area contributed by atoms with Gasteiger partial charge in [0.25, 0.3) is 0 Å². The number of hydrogen-bond donors (Lipinski definition) is 2. The number of aromatic nitrogens is 1. The van der Waals surface area contributed by atoms with Gasteiger partial charge in [0.15, 0.2) is 0 Å². The fourth-order valence-electron chi connectivity index (χ4n) is 1.68. The number of carbonyl (C=O) groups is 2. The number of nitrogens with one attached hydrogen (secondary N) is 1. The second kappa shape index (κ2) is 3.68. The molecule has 0 spiro atoms. The molecule has 0 bridgehead atoms. The number of pyridine rings is 1. The number of amides is 1. The zero-order valence-corrected chi connectivity index (χ0v) is 7.93. The van der Waals surface area contributed by atoms with Gasteiger partial charge in [-0.25, -0.2) is 0 Å². The number of carbonyl (C=O) groups excluding carboxylic acids is 1. The average molecular weight is 206 g/mol. The normalized spacial score (nSPS) is 19.2. The third kappa shape index (κ3) is 1.96. The summed E-state index contributed by atoms with van der Waals surface area (Å²) in [5.41, 5.74) is 1.62. The Hall–Kier alpha value is -1.91. The van der Waals surface area contributed by atoms with Gasteiger partial charge in [-0.2, -0.15) is 0 Å². The van der Waals surface area contributed by atoms with Crippen molar-refractivity contribution in [3.63, 3.8) is 0 Å². The highest BCUT2D eigenvalue weighted by Gasteiger charge is 2.27. The van der Waals surface area contributed by atoms with E-state index in [0.717, 1.165) is 11.3 Å². The van der Waals surface area contributed by atoms with Crippen LogP contribution in [-0.2, 0) is 16.0 Å². The molecule has 0 saturated carbocycles. The van der Waals surface area contributed by atoms with Crippen LogP contribution in [0.25, 0.3) is 0 Å². The Morgan fingerprint density at radius 2 is 2.47 bits per heavy atom. The Kier molecular flexibility index (Phi) is 2.37. The minimum Gasteiger partial charge on any atom is -0.481 e. The molecule has 1 amide bonds. The SMILES string of the molecule is O=C(O)CC1Cc2cnccc2NC1=O. The average Bonchev–Trinajstić information content (AvgIpc) is 2.18. The molecule has 5 nitrogen and oxygen atoms in total. The molecular formula is C10H10N2O3. The van der Waals surface area contributed by atoms with Crippen molar-refractivity contribution >= 4 is 17.6 Å². The summed E-state index contributed by atoms with van der Waals surface area (Å²) in [5, 5.41) is 11.3. The minimum atomic E-state index is -0.956. The summed E-state index contributed by atoms with van der Waals surface area (Å²) in [6, 6.07) is 1.71. The Morgan fingerprint density at radius 3 is 3.20 bits per heavy atom. The first-order chi connectivity index (χ1) is 7.16.